The van der Waals surface area contributed by atoms with Crippen LogP contribution in [0.5, 0.6) is 0 Å². The minimum Gasteiger partial charge on any atom is -0.296 e. The Morgan fingerprint density at radius 2 is 2.00 bits per heavy atom. The summed E-state index contributed by atoms with van der Waals surface area (Å²) >= 11 is 1.54. The lowest BCUT2D eigenvalue weighted by atomic mass is 10.1. The molecule has 0 atom stereocenters. The van der Waals surface area contributed by atoms with Gasteiger partial charge in [0.05, 0.1) is 0 Å². The first kappa shape index (κ1) is 13.9. The molecule has 0 bridgehead atoms. The second kappa shape index (κ2) is 5.41. The van der Waals surface area contributed by atoms with Crippen LogP contribution in [0, 0.1) is 0 Å². The van der Waals surface area contributed by atoms with E-state index < -0.39 is 0 Å². The first-order chi connectivity index (χ1) is 10.1. The minimum atomic E-state index is 0.337. The van der Waals surface area contributed by atoms with E-state index >= 15 is 0 Å². The molecule has 21 heavy (non-hydrogen) atoms. The summed E-state index contributed by atoms with van der Waals surface area (Å²) in [6.45, 7) is 6.29. The van der Waals surface area contributed by atoms with E-state index in [1.54, 1.807) is 4.52 Å². The Hall–Kier alpha value is -2.01. The van der Waals surface area contributed by atoms with Crippen molar-refractivity contribution in [1.82, 2.24) is 14.6 Å². The molecule has 2 aromatic heterocycles. The molecule has 2 heterocycles. The van der Waals surface area contributed by atoms with Crippen molar-refractivity contribution in [2.45, 2.75) is 33.1 Å². The lowest BCUT2D eigenvalue weighted by Crippen LogP contribution is -1.96. The number of hydrogen-bond donors (Lipinski definition) is 0. The molecule has 0 saturated carbocycles. The largest absolute Gasteiger partial charge is 0.296 e. The normalized spacial score (nSPS) is 11.4. The molecule has 0 saturated heterocycles. The molecule has 1 aromatic carbocycles. The molecule has 0 radical (unpaired) electrons. The predicted octanol–water partition coefficient (Wildman–Crippen LogP) is 3.96. The van der Waals surface area contributed by atoms with Gasteiger partial charge >= 0.3 is 0 Å². The smallest absolute Gasteiger partial charge is 0.213 e. The Morgan fingerprint density at radius 3 is 2.57 bits per heavy atom. The molecule has 3 aromatic rings. The second-order valence-electron chi connectivity index (χ2n) is 5.30. The number of hydrogen-bond acceptors (Lipinski definition) is 4. The standard InChI is InChI=1S/C16H17N3OS/c1-4-11-5-7-12(8-6-11)14-13(9-20)19-16(17-14)21-15(18-19)10(2)3/h5-10H,4H2,1-3H3. The predicted molar refractivity (Wildman–Crippen MR) is 85.2 cm³/mol. The average Bonchev–Trinajstić information content (AvgIpc) is 3.04. The number of carbonyl (C=O) groups is 1. The molecular weight excluding hydrogens is 282 g/mol. The zero-order valence-corrected chi connectivity index (χ0v) is 13.1. The van der Waals surface area contributed by atoms with Crippen LogP contribution in [0.15, 0.2) is 24.3 Å². The number of rotatable bonds is 4. The third-order valence-corrected chi connectivity index (χ3v) is 4.70. The van der Waals surface area contributed by atoms with Gasteiger partial charge in [0.15, 0.2) is 6.29 Å². The number of aryl methyl sites for hydroxylation is 1. The van der Waals surface area contributed by atoms with Gasteiger partial charge in [0.1, 0.15) is 16.4 Å². The van der Waals surface area contributed by atoms with E-state index in [9.17, 15) is 4.79 Å². The Bertz CT molecular complexity index is 784. The number of benzene rings is 1. The lowest BCUT2D eigenvalue weighted by Gasteiger charge is -2.01. The molecule has 108 valence electrons. The van der Waals surface area contributed by atoms with E-state index in [2.05, 4.69) is 43.0 Å². The zero-order chi connectivity index (χ0) is 15.0. The molecular formula is C16H17N3OS. The summed E-state index contributed by atoms with van der Waals surface area (Å²) in [6.07, 6.45) is 1.84. The average molecular weight is 299 g/mol. The summed E-state index contributed by atoms with van der Waals surface area (Å²) in [7, 11) is 0. The molecule has 0 aliphatic heterocycles. The van der Waals surface area contributed by atoms with Crippen molar-refractivity contribution in [1.29, 1.82) is 0 Å². The highest BCUT2D eigenvalue weighted by Crippen LogP contribution is 2.28. The number of aldehydes is 1. The zero-order valence-electron chi connectivity index (χ0n) is 12.3. The molecule has 4 nitrogen and oxygen atoms in total. The Balaban J connectivity index is 2.13. The number of carbonyl (C=O) groups excluding carboxylic acids is 1. The third-order valence-electron chi connectivity index (χ3n) is 3.50. The van der Waals surface area contributed by atoms with Crippen molar-refractivity contribution in [3.63, 3.8) is 0 Å². The fourth-order valence-electron chi connectivity index (χ4n) is 2.23. The molecule has 0 fully saturated rings. The molecule has 0 aliphatic carbocycles. The van der Waals surface area contributed by atoms with Gasteiger partial charge in [0.25, 0.3) is 0 Å². The van der Waals surface area contributed by atoms with Crippen LogP contribution in [-0.2, 0) is 6.42 Å². The number of aromatic nitrogens is 3. The van der Waals surface area contributed by atoms with Crippen LogP contribution in [0.25, 0.3) is 16.2 Å². The molecule has 0 N–H and O–H groups in total. The maximum atomic E-state index is 11.5. The van der Waals surface area contributed by atoms with Crippen LogP contribution < -0.4 is 0 Å². The highest BCUT2D eigenvalue weighted by atomic mass is 32.1. The van der Waals surface area contributed by atoms with E-state index in [0.29, 0.717) is 17.3 Å². The van der Waals surface area contributed by atoms with Crippen molar-refractivity contribution in [3.8, 4) is 11.3 Å². The maximum Gasteiger partial charge on any atom is 0.213 e. The van der Waals surface area contributed by atoms with Crippen molar-refractivity contribution in [3.05, 3.63) is 40.5 Å². The molecule has 5 heteroatoms. The highest BCUT2D eigenvalue weighted by Gasteiger charge is 2.18. The van der Waals surface area contributed by atoms with Gasteiger partial charge in [-0.3, -0.25) is 4.79 Å². The van der Waals surface area contributed by atoms with Crippen LogP contribution in [0.2, 0.25) is 0 Å². The first-order valence-corrected chi connectivity index (χ1v) is 7.89. The van der Waals surface area contributed by atoms with E-state index in [4.69, 9.17) is 0 Å². The summed E-state index contributed by atoms with van der Waals surface area (Å²) in [5.74, 6) is 0.337. The topological polar surface area (TPSA) is 47.3 Å². The van der Waals surface area contributed by atoms with E-state index in [1.165, 1.54) is 16.9 Å². The third kappa shape index (κ3) is 2.38. The van der Waals surface area contributed by atoms with Crippen molar-refractivity contribution in [2.75, 3.05) is 0 Å². The molecule has 0 spiro atoms. The van der Waals surface area contributed by atoms with Crippen LogP contribution in [0.4, 0.5) is 0 Å². The number of imidazole rings is 1. The molecule has 3 rings (SSSR count). The quantitative estimate of drug-likeness (QED) is 0.685. The van der Waals surface area contributed by atoms with Gasteiger partial charge in [0.2, 0.25) is 4.96 Å². The fraction of sp³-hybridized carbons (Fsp3) is 0.312. The van der Waals surface area contributed by atoms with Gasteiger partial charge in [-0.1, -0.05) is 56.4 Å². The summed E-state index contributed by atoms with van der Waals surface area (Å²) in [4.78, 5) is 16.9. The van der Waals surface area contributed by atoms with Crippen LogP contribution >= 0.6 is 11.3 Å². The highest BCUT2D eigenvalue weighted by molar-refractivity contribution is 7.16. The summed E-state index contributed by atoms with van der Waals surface area (Å²) in [5, 5.41) is 5.50. The number of nitrogens with zero attached hydrogens (tertiary/aromatic N) is 3. The van der Waals surface area contributed by atoms with Gasteiger partial charge < -0.3 is 0 Å². The van der Waals surface area contributed by atoms with Crippen molar-refractivity contribution < 1.29 is 4.79 Å². The lowest BCUT2D eigenvalue weighted by molar-refractivity contribution is 0.111. The molecule has 0 unspecified atom stereocenters. The maximum absolute atomic E-state index is 11.5. The van der Waals surface area contributed by atoms with E-state index in [0.717, 1.165) is 28.2 Å². The van der Waals surface area contributed by atoms with Gasteiger partial charge in [-0.25, -0.2) is 4.98 Å². The van der Waals surface area contributed by atoms with Gasteiger partial charge in [0, 0.05) is 11.5 Å². The van der Waals surface area contributed by atoms with Crippen LogP contribution in [-0.4, -0.2) is 20.9 Å². The van der Waals surface area contributed by atoms with Gasteiger partial charge in [-0.05, 0) is 12.0 Å². The summed E-state index contributed by atoms with van der Waals surface area (Å²) in [5.41, 5.74) is 3.46. The second-order valence-corrected chi connectivity index (χ2v) is 6.29. The van der Waals surface area contributed by atoms with E-state index in [-0.39, 0.29) is 0 Å². The molecule has 0 amide bonds. The fourth-order valence-corrected chi connectivity index (χ4v) is 3.14. The van der Waals surface area contributed by atoms with Crippen molar-refractivity contribution >= 4 is 22.6 Å². The van der Waals surface area contributed by atoms with Crippen molar-refractivity contribution in [2.24, 2.45) is 0 Å². The Morgan fingerprint density at radius 1 is 1.29 bits per heavy atom. The molecule has 0 aliphatic rings. The SMILES string of the molecule is CCc1ccc(-c2nc3sc(C(C)C)nn3c2C=O)cc1. The number of fused-ring (bicyclic) bond motifs is 1. The Labute approximate surface area is 127 Å². The van der Waals surface area contributed by atoms with Gasteiger partial charge in [-0.2, -0.15) is 9.61 Å². The van der Waals surface area contributed by atoms with E-state index in [1.807, 2.05) is 12.1 Å². The summed E-state index contributed by atoms with van der Waals surface area (Å²) < 4.78 is 1.66. The summed E-state index contributed by atoms with van der Waals surface area (Å²) in [6, 6.07) is 8.18. The minimum absolute atomic E-state index is 0.337. The first-order valence-electron chi connectivity index (χ1n) is 7.08. The van der Waals surface area contributed by atoms with Gasteiger partial charge in [-0.15, -0.1) is 0 Å². The Kier molecular flexibility index (Phi) is 3.59. The van der Waals surface area contributed by atoms with Crippen LogP contribution in [0.3, 0.4) is 0 Å². The van der Waals surface area contributed by atoms with Crippen LogP contribution in [0.1, 0.15) is 47.7 Å². The monoisotopic (exact) mass is 299 g/mol.